The smallest absolute Gasteiger partial charge is 0.261 e. The zero-order chi connectivity index (χ0) is 20.7. The molecule has 29 heavy (non-hydrogen) atoms. The quantitative estimate of drug-likeness (QED) is 0.674. The lowest BCUT2D eigenvalue weighted by molar-refractivity contribution is 0.0383. The molecule has 0 aliphatic carbocycles. The van der Waals surface area contributed by atoms with E-state index in [4.69, 9.17) is 9.47 Å². The molecular formula is C20H25N3O5S. The second-order valence-electron chi connectivity index (χ2n) is 6.57. The minimum atomic E-state index is -3.82. The van der Waals surface area contributed by atoms with E-state index >= 15 is 0 Å². The number of hydrogen-bond acceptors (Lipinski definition) is 6. The summed E-state index contributed by atoms with van der Waals surface area (Å²) in [4.78, 5) is 14.6. The zero-order valence-corrected chi connectivity index (χ0v) is 17.1. The van der Waals surface area contributed by atoms with Crippen LogP contribution in [0.15, 0.2) is 53.4 Å². The summed E-state index contributed by atoms with van der Waals surface area (Å²) >= 11 is 0. The third kappa shape index (κ3) is 5.93. The number of ether oxygens (including phenoxy) is 2. The van der Waals surface area contributed by atoms with Crippen molar-refractivity contribution in [1.29, 1.82) is 0 Å². The van der Waals surface area contributed by atoms with Crippen molar-refractivity contribution in [1.82, 2.24) is 10.2 Å². The molecule has 2 aromatic carbocycles. The Bertz CT molecular complexity index is 925. The van der Waals surface area contributed by atoms with E-state index in [-0.39, 0.29) is 10.8 Å². The van der Waals surface area contributed by atoms with Gasteiger partial charge in [-0.25, -0.2) is 8.42 Å². The first-order valence-corrected chi connectivity index (χ1v) is 10.8. The van der Waals surface area contributed by atoms with Crippen molar-refractivity contribution < 1.29 is 22.7 Å². The molecule has 0 radical (unpaired) electrons. The van der Waals surface area contributed by atoms with Gasteiger partial charge in [0.2, 0.25) is 0 Å². The van der Waals surface area contributed by atoms with E-state index in [1.165, 1.54) is 19.2 Å². The van der Waals surface area contributed by atoms with Crippen LogP contribution >= 0.6 is 0 Å². The van der Waals surface area contributed by atoms with Crippen LogP contribution in [0.25, 0.3) is 0 Å². The second-order valence-corrected chi connectivity index (χ2v) is 8.25. The second kappa shape index (κ2) is 9.73. The van der Waals surface area contributed by atoms with E-state index in [1.807, 2.05) is 0 Å². The van der Waals surface area contributed by atoms with E-state index in [9.17, 15) is 13.2 Å². The van der Waals surface area contributed by atoms with Crippen molar-refractivity contribution in [3.63, 3.8) is 0 Å². The van der Waals surface area contributed by atoms with E-state index in [0.717, 1.165) is 19.6 Å². The van der Waals surface area contributed by atoms with Gasteiger partial charge in [0, 0.05) is 37.4 Å². The Hall–Kier alpha value is -2.62. The Kier molecular flexibility index (Phi) is 7.08. The molecule has 0 spiro atoms. The molecule has 8 nitrogen and oxygen atoms in total. The number of hydrogen-bond donors (Lipinski definition) is 2. The molecule has 9 heteroatoms. The maximum absolute atomic E-state index is 12.7. The monoisotopic (exact) mass is 419 g/mol. The number of anilines is 1. The summed E-state index contributed by atoms with van der Waals surface area (Å²) in [5.74, 6) is 0.323. The summed E-state index contributed by atoms with van der Waals surface area (Å²) in [7, 11) is -2.28. The molecule has 1 saturated heterocycles. The lowest BCUT2D eigenvalue weighted by Gasteiger charge is -2.26. The fourth-order valence-corrected chi connectivity index (χ4v) is 4.04. The summed E-state index contributed by atoms with van der Waals surface area (Å²) in [6, 6.07) is 12.5. The molecule has 1 heterocycles. The summed E-state index contributed by atoms with van der Waals surface area (Å²) in [6.45, 7) is 4.32. The number of morpholine rings is 1. The maximum Gasteiger partial charge on any atom is 0.261 e. The van der Waals surface area contributed by atoms with Crippen LogP contribution in [-0.2, 0) is 14.8 Å². The van der Waals surface area contributed by atoms with Gasteiger partial charge in [-0.1, -0.05) is 6.07 Å². The number of nitrogens with zero attached hydrogens (tertiary/aromatic N) is 1. The summed E-state index contributed by atoms with van der Waals surface area (Å²) < 4.78 is 38.2. The first-order valence-electron chi connectivity index (χ1n) is 9.33. The predicted molar refractivity (Wildman–Crippen MR) is 110 cm³/mol. The van der Waals surface area contributed by atoms with Gasteiger partial charge in [-0.2, -0.15) is 0 Å². The summed E-state index contributed by atoms with van der Waals surface area (Å²) in [6.07, 6.45) is 0. The highest BCUT2D eigenvalue weighted by molar-refractivity contribution is 7.92. The average molecular weight is 420 g/mol. The highest BCUT2D eigenvalue weighted by Gasteiger charge is 2.17. The number of nitrogens with one attached hydrogen (secondary N) is 2. The van der Waals surface area contributed by atoms with Gasteiger partial charge >= 0.3 is 0 Å². The third-order valence-electron chi connectivity index (χ3n) is 4.57. The van der Waals surface area contributed by atoms with Crippen molar-refractivity contribution in [2.45, 2.75) is 4.90 Å². The summed E-state index contributed by atoms with van der Waals surface area (Å²) in [5, 5.41) is 2.84. The number of sulfonamides is 1. The standard InChI is InChI=1S/C20H25N3O5S/c1-27-18-7-5-17(6-8-18)22-29(25,26)19-4-2-3-16(15-19)20(24)21-9-10-23-11-13-28-14-12-23/h2-8,15,22H,9-14H2,1H3,(H,21,24). The molecule has 1 aliphatic heterocycles. The molecular weight excluding hydrogens is 394 g/mol. The molecule has 3 rings (SSSR count). The third-order valence-corrected chi connectivity index (χ3v) is 5.95. The zero-order valence-electron chi connectivity index (χ0n) is 16.3. The van der Waals surface area contributed by atoms with Crippen molar-refractivity contribution in [3.05, 3.63) is 54.1 Å². The molecule has 0 bridgehead atoms. The SMILES string of the molecule is COc1ccc(NS(=O)(=O)c2cccc(C(=O)NCCN3CCOCC3)c2)cc1. The number of benzene rings is 2. The first-order chi connectivity index (χ1) is 14.0. The molecule has 0 atom stereocenters. The van der Waals surface area contributed by atoms with Crippen LogP contribution < -0.4 is 14.8 Å². The van der Waals surface area contributed by atoms with Crippen LogP contribution in [0.5, 0.6) is 5.75 Å². The average Bonchev–Trinajstić information content (AvgIpc) is 2.75. The fourth-order valence-electron chi connectivity index (χ4n) is 2.93. The summed E-state index contributed by atoms with van der Waals surface area (Å²) in [5.41, 5.74) is 0.704. The van der Waals surface area contributed by atoms with Crippen molar-refractivity contribution in [3.8, 4) is 5.75 Å². The number of rotatable bonds is 8. The van der Waals surface area contributed by atoms with Crippen molar-refractivity contribution in [2.24, 2.45) is 0 Å². The van der Waals surface area contributed by atoms with Crippen LogP contribution in [0.1, 0.15) is 10.4 Å². The molecule has 2 N–H and O–H groups in total. The van der Waals surface area contributed by atoms with Gasteiger partial charge in [-0.15, -0.1) is 0 Å². The molecule has 2 aromatic rings. The van der Waals surface area contributed by atoms with E-state index in [1.54, 1.807) is 36.4 Å². The molecule has 1 aliphatic rings. The van der Waals surface area contributed by atoms with Gasteiger partial charge in [0.05, 0.1) is 25.2 Å². The van der Waals surface area contributed by atoms with Crippen molar-refractivity contribution in [2.75, 3.05) is 51.2 Å². The topological polar surface area (TPSA) is 97.0 Å². The van der Waals surface area contributed by atoms with E-state index < -0.39 is 10.0 Å². The number of amides is 1. The van der Waals surface area contributed by atoms with E-state index in [0.29, 0.717) is 36.8 Å². The Labute approximate surface area is 170 Å². The highest BCUT2D eigenvalue weighted by atomic mass is 32.2. The Balaban J connectivity index is 1.61. The minimum absolute atomic E-state index is 0.0224. The van der Waals surface area contributed by atoms with Gasteiger partial charge < -0.3 is 14.8 Å². The Morgan fingerprint density at radius 2 is 1.86 bits per heavy atom. The largest absolute Gasteiger partial charge is 0.497 e. The highest BCUT2D eigenvalue weighted by Crippen LogP contribution is 2.20. The Morgan fingerprint density at radius 1 is 1.14 bits per heavy atom. The molecule has 0 saturated carbocycles. The molecule has 0 aromatic heterocycles. The maximum atomic E-state index is 12.7. The lowest BCUT2D eigenvalue weighted by atomic mass is 10.2. The first kappa shape index (κ1) is 21.1. The van der Waals surface area contributed by atoms with Crippen LogP contribution in [0.4, 0.5) is 5.69 Å². The van der Waals surface area contributed by atoms with Crippen LogP contribution in [0, 0.1) is 0 Å². The number of carbonyl (C=O) groups excluding carboxylic acids is 1. The van der Waals surface area contributed by atoms with Gasteiger partial charge in [0.25, 0.3) is 15.9 Å². The lowest BCUT2D eigenvalue weighted by Crippen LogP contribution is -2.41. The van der Waals surface area contributed by atoms with Crippen LogP contribution in [-0.4, -0.2) is 65.7 Å². The Morgan fingerprint density at radius 3 is 2.55 bits per heavy atom. The van der Waals surface area contributed by atoms with E-state index in [2.05, 4.69) is 14.9 Å². The fraction of sp³-hybridized carbons (Fsp3) is 0.350. The normalized spacial score (nSPS) is 14.9. The molecule has 156 valence electrons. The number of methoxy groups -OCH3 is 1. The van der Waals surface area contributed by atoms with Gasteiger partial charge in [-0.3, -0.25) is 14.4 Å². The molecule has 0 unspecified atom stereocenters. The predicted octanol–water partition coefficient (Wildman–Crippen LogP) is 1.56. The van der Waals surface area contributed by atoms with Crippen LogP contribution in [0.2, 0.25) is 0 Å². The van der Waals surface area contributed by atoms with Gasteiger partial charge in [0.1, 0.15) is 5.75 Å². The van der Waals surface area contributed by atoms with Crippen LogP contribution in [0.3, 0.4) is 0 Å². The molecule has 1 fully saturated rings. The molecule has 1 amide bonds. The van der Waals surface area contributed by atoms with Gasteiger partial charge in [0.15, 0.2) is 0 Å². The minimum Gasteiger partial charge on any atom is -0.497 e. The van der Waals surface area contributed by atoms with Crippen molar-refractivity contribution >= 4 is 21.6 Å². The number of carbonyl (C=O) groups is 1. The van der Waals surface area contributed by atoms with Gasteiger partial charge in [-0.05, 0) is 42.5 Å².